The van der Waals surface area contributed by atoms with Crippen LogP contribution in [0.3, 0.4) is 0 Å². The maximum atomic E-state index is 12.9. The van der Waals surface area contributed by atoms with Gasteiger partial charge in [-0.25, -0.2) is 4.39 Å². The van der Waals surface area contributed by atoms with Gasteiger partial charge in [-0.3, -0.25) is 14.4 Å². The van der Waals surface area contributed by atoms with E-state index in [-0.39, 0.29) is 17.8 Å². The molecule has 2 heterocycles. The third-order valence-corrected chi connectivity index (χ3v) is 4.33. The molecule has 1 amide bonds. The van der Waals surface area contributed by atoms with Crippen molar-refractivity contribution in [1.82, 2.24) is 19.6 Å². The second-order valence-electron chi connectivity index (χ2n) is 6.08. The van der Waals surface area contributed by atoms with E-state index in [1.54, 1.807) is 17.0 Å². The lowest BCUT2D eigenvalue weighted by Crippen LogP contribution is -2.53. The van der Waals surface area contributed by atoms with E-state index in [9.17, 15) is 9.18 Å². The zero-order valence-corrected chi connectivity index (χ0v) is 13.4. The molecule has 2 aromatic rings. The largest absolute Gasteiger partial charge is 0.343 e. The fraction of sp³-hybridized carbons (Fsp3) is 0.412. The molecule has 1 aromatic heterocycles. The fourth-order valence-electron chi connectivity index (χ4n) is 2.86. The molecule has 122 valence electrons. The molecule has 1 saturated heterocycles. The van der Waals surface area contributed by atoms with Crippen LogP contribution >= 0.6 is 0 Å². The van der Waals surface area contributed by atoms with Crippen molar-refractivity contribution in [1.29, 1.82) is 0 Å². The van der Waals surface area contributed by atoms with Gasteiger partial charge in [-0.2, -0.15) is 5.10 Å². The van der Waals surface area contributed by atoms with E-state index in [0.29, 0.717) is 13.1 Å². The number of amides is 1. The normalized spacial score (nSPS) is 19.3. The van der Waals surface area contributed by atoms with Crippen LogP contribution < -0.4 is 0 Å². The van der Waals surface area contributed by atoms with Crippen molar-refractivity contribution in [2.45, 2.75) is 26.1 Å². The molecule has 1 aliphatic rings. The van der Waals surface area contributed by atoms with E-state index in [4.69, 9.17) is 0 Å². The quantitative estimate of drug-likeness (QED) is 0.863. The van der Waals surface area contributed by atoms with E-state index in [1.165, 1.54) is 12.1 Å². The van der Waals surface area contributed by atoms with Gasteiger partial charge in [0.15, 0.2) is 0 Å². The molecule has 3 rings (SSSR count). The number of carbonyl (C=O) groups excluding carboxylic acids is 1. The minimum absolute atomic E-state index is 0.103. The van der Waals surface area contributed by atoms with Gasteiger partial charge in [0.1, 0.15) is 5.82 Å². The van der Waals surface area contributed by atoms with Crippen LogP contribution in [0.1, 0.15) is 18.1 Å². The number of carbonyl (C=O) groups is 1. The van der Waals surface area contributed by atoms with Crippen LogP contribution in [-0.4, -0.2) is 51.7 Å². The highest BCUT2D eigenvalue weighted by Gasteiger charge is 2.29. The van der Waals surface area contributed by atoms with Crippen LogP contribution in [0.2, 0.25) is 0 Å². The van der Waals surface area contributed by atoms with Gasteiger partial charge in [0.05, 0.1) is 18.8 Å². The second kappa shape index (κ2) is 6.50. The monoisotopic (exact) mass is 316 g/mol. The number of rotatable bonds is 4. The van der Waals surface area contributed by atoms with Crippen molar-refractivity contribution in [2.75, 3.05) is 20.1 Å². The summed E-state index contributed by atoms with van der Waals surface area (Å²) in [6.07, 6.45) is 3.82. The molecular formula is C17H21FN4O. The molecule has 0 bridgehead atoms. The Hall–Kier alpha value is -2.21. The first kappa shape index (κ1) is 15.7. The molecule has 1 atom stereocenters. The van der Waals surface area contributed by atoms with E-state index in [1.807, 2.05) is 31.0 Å². The summed E-state index contributed by atoms with van der Waals surface area (Å²) in [5.74, 6) is -0.0708. The Balaban J connectivity index is 1.63. The van der Waals surface area contributed by atoms with Crippen LogP contribution in [0.5, 0.6) is 0 Å². The Morgan fingerprint density at radius 3 is 2.65 bits per heavy atom. The van der Waals surface area contributed by atoms with E-state index in [0.717, 1.165) is 24.2 Å². The SMILES string of the molecule is C[C@H]1C(=O)N(C)CCN1Cc1cnn(Cc2ccc(F)cc2)c1. The molecule has 0 radical (unpaired) electrons. The summed E-state index contributed by atoms with van der Waals surface area (Å²) < 4.78 is 14.8. The minimum atomic E-state index is -0.233. The average molecular weight is 316 g/mol. The van der Waals surface area contributed by atoms with Crippen LogP contribution in [0.25, 0.3) is 0 Å². The lowest BCUT2D eigenvalue weighted by molar-refractivity contribution is -0.139. The maximum Gasteiger partial charge on any atom is 0.239 e. The van der Waals surface area contributed by atoms with Gasteiger partial charge in [-0.05, 0) is 24.6 Å². The number of hydrogen-bond donors (Lipinski definition) is 0. The molecule has 1 aliphatic heterocycles. The number of halogens is 1. The highest BCUT2D eigenvalue weighted by atomic mass is 19.1. The van der Waals surface area contributed by atoms with Crippen LogP contribution in [0.15, 0.2) is 36.7 Å². The van der Waals surface area contributed by atoms with Gasteiger partial charge in [0.25, 0.3) is 0 Å². The molecular weight excluding hydrogens is 295 g/mol. The lowest BCUT2D eigenvalue weighted by Gasteiger charge is -2.37. The van der Waals surface area contributed by atoms with E-state index >= 15 is 0 Å². The molecule has 0 aliphatic carbocycles. The van der Waals surface area contributed by atoms with Crippen molar-refractivity contribution < 1.29 is 9.18 Å². The number of nitrogens with zero attached hydrogens (tertiary/aromatic N) is 4. The van der Waals surface area contributed by atoms with Crippen LogP contribution in [0, 0.1) is 5.82 Å². The van der Waals surface area contributed by atoms with Crippen molar-refractivity contribution >= 4 is 5.91 Å². The Morgan fingerprint density at radius 2 is 1.91 bits per heavy atom. The number of hydrogen-bond acceptors (Lipinski definition) is 3. The van der Waals surface area contributed by atoms with Gasteiger partial charge < -0.3 is 4.90 Å². The van der Waals surface area contributed by atoms with Gasteiger partial charge in [-0.1, -0.05) is 12.1 Å². The molecule has 5 nitrogen and oxygen atoms in total. The maximum absolute atomic E-state index is 12.9. The first-order chi connectivity index (χ1) is 11.0. The standard InChI is InChI=1S/C17H21FN4O/c1-13-17(23)20(2)7-8-21(13)10-15-9-19-22(12-15)11-14-3-5-16(18)6-4-14/h3-6,9,12-13H,7-8,10-11H2,1-2H3/t13-/m0/s1. The zero-order chi connectivity index (χ0) is 16.4. The third-order valence-electron chi connectivity index (χ3n) is 4.33. The topological polar surface area (TPSA) is 41.4 Å². The minimum Gasteiger partial charge on any atom is -0.343 e. The predicted octanol–water partition coefficient (Wildman–Crippen LogP) is 1.73. The van der Waals surface area contributed by atoms with Gasteiger partial charge in [0, 0.05) is 38.4 Å². The third kappa shape index (κ3) is 3.59. The summed E-state index contributed by atoms with van der Waals surface area (Å²) in [4.78, 5) is 16.0. The highest BCUT2D eigenvalue weighted by Crippen LogP contribution is 2.14. The summed E-state index contributed by atoms with van der Waals surface area (Å²) in [5.41, 5.74) is 2.08. The number of benzene rings is 1. The molecule has 1 fully saturated rings. The van der Waals surface area contributed by atoms with Gasteiger partial charge >= 0.3 is 0 Å². The first-order valence-electron chi connectivity index (χ1n) is 7.78. The Kier molecular flexibility index (Phi) is 4.43. The molecule has 6 heteroatoms. The Morgan fingerprint density at radius 1 is 1.17 bits per heavy atom. The van der Waals surface area contributed by atoms with Gasteiger partial charge in [-0.15, -0.1) is 0 Å². The van der Waals surface area contributed by atoms with E-state index in [2.05, 4.69) is 10.00 Å². The average Bonchev–Trinajstić information content (AvgIpc) is 2.97. The summed E-state index contributed by atoms with van der Waals surface area (Å²) in [6, 6.07) is 6.33. The number of aromatic nitrogens is 2. The van der Waals surface area contributed by atoms with Crippen molar-refractivity contribution in [3.05, 3.63) is 53.6 Å². The van der Waals surface area contributed by atoms with Crippen molar-refractivity contribution in [3.63, 3.8) is 0 Å². The summed E-state index contributed by atoms with van der Waals surface area (Å²) in [7, 11) is 1.84. The number of piperazine rings is 1. The zero-order valence-electron chi connectivity index (χ0n) is 13.4. The molecule has 0 saturated carbocycles. The Bertz CT molecular complexity index is 682. The fourth-order valence-corrected chi connectivity index (χ4v) is 2.86. The summed E-state index contributed by atoms with van der Waals surface area (Å²) in [6.45, 7) is 4.89. The molecule has 1 aromatic carbocycles. The predicted molar refractivity (Wildman–Crippen MR) is 85.2 cm³/mol. The summed E-state index contributed by atoms with van der Waals surface area (Å²) >= 11 is 0. The smallest absolute Gasteiger partial charge is 0.239 e. The highest BCUT2D eigenvalue weighted by molar-refractivity contribution is 5.81. The van der Waals surface area contributed by atoms with Crippen LogP contribution in [0.4, 0.5) is 4.39 Å². The molecule has 0 spiro atoms. The second-order valence-corrected chi connectivity index (χ2v) is 6.08. The molecule has 0 unspecified atom stereocenters. The molecule has 0 N–H and O–H groups in total. The first-order valence-corrected chi connectivity index (χ1v) is 7.78. The Labute approximate surface area is 135 Å². The molecule has 23 heavy (non-hydrogen) atoms. The number of likely N-dealkylation sites (N-methyl/N-ethyl adjacent to an activating group) is 1. The summed E-state index contributed by atoms with van der Waals surface area (Å²) in [5, 5.41) is 4.36. The van der Waals surface area contributed by atoms with Crippen LogP contribution in [-0.2, 0) is 17.9 Å². The lowest BCUT2D eigenvalue weighted by atomic mass is 10.1. The van der Waals surface area contributed by atoms with Crippen molar-refractivity contribution in [3.8, 4) is 0 Å². The van der Waals surface area contributed by atoms with E-state index < -0.39 is 0 Å². The van der Waals surface area contributed by atoms with Gasteiger partial charge in [0.2, 0.25) is 5.91 Å². The van der Waals surface area contributed by atoms with Crippen molar-refractivity contribution in [2.24, 2.45) is 0 Å².